The monoisotopic (exact) mass is 292 g/mol. The zero-order valence-corrected chi connectivity index (χ0v) is 12.6. The maximum absolute atomic E-state index is 11.7. The van der Waals surface area contributed by atoms with Crippen molar-refractivity contribution in [3.8, 4) is 0 Å². The van der Waals surface area contributed by atoms with Crippen molar-refractivity contribution in [1.29, 1.82) is 0 Å². The lowest BCUT2D eigenvalue weighted by Gasteiger charge is -2.20. The molecule has 1 saturated heterocycles. The summed E-state index contributed by atoms with van der Waals surface area (Å²) in [5.74, 6) is 0.989. The van der Waals surface area contributed by atoms with E-state index < -0.39 is 0 Å². The molecule has 0 radical (unpaired) electrons. The van der Waals surface area contributed by atoms with Gasteiger partial charge < -0.3 is 20.6 Å². The van der Waals surface area contributed by atoms with Gasteiger partial charge in [-0.05, 0) is 32.3 Å². The Morgan fingerprint density at radius 3 is 2.81 bits per heavy atom. The van der Waals surface area contributed by atoms with Crippen molar-refractivity contribution in [2.75, 3.05) is 31.1 Å². The molecule has 2 heterocycles. The van der Waals surface area contributed by atoms with Gasteiger partial charge in [0, 0.05) is 44.0 Å². The van der Waals surface area contributed by atoms with Crippen molar-refractivity contribution in [2.45, 2.75) is 32.7 Å². The minimum Gasteiger partial charge on any atom is -0.396 e. The minimum absolute atomic E-state index is 0.0846. The fourth-order valence-corrected chi connectivity index (χ4v) is 2.43. The van der Waals surface area contributed by atoms with Crippen molar-refractivity contribution in [1.82, 2.24) is 15.6 Å². The highest BCUT2D eigenvalue weighted by molar-refractivity contribution is 5.74. The average molecular weight is 292 g/mol. The number of aromatic nitrogens is 1. The Hall–Kier alpha value is -1.82. The van der Waals surface area contributed by atoms with Gasteiger partial charge in [-0.2, -0.15) is 0 Å². The van der Waals surface area contributed by atoms with Crippen LogP contribution in [0, 0.1) is 6.92 Å². The molecule has 6 heteroatoms. The molecule has 0 saturated carbocycles. The number of anilines is 1. The van der Waals surface area contributed by atoms with Crippen LogP contribution >= 0.6 is 0 Å². The fourth-order valence-electron chi connectivity index (χ4n) is 2.43. The van der Waals surface area contributed by atoms with Gasteiger partial charge in [0.15, 0.2) is 0 Å². The Morgan fingerprint density at radius 1 is 1.33 bits per heavy atom. The van der Waals surface area contributed by atoms with Gasteiger partial charge in [0.1, 0.15) is 5.82 Å². The first-order chi connectivity index (χ1) is 10.2. The summed E-state index contributed by atoms with van der Waals surface area (Å²) in [7, 11) is 0. The molecule has 0 spiro atoms. The number of nitrogens with zero attached hydrogens (tertiary/aromatic N) is 2. The fraction of sp³-hybridized carbons (Fsp3) is 0.600. The molecule has 0 atom stereocenters. The summed E-state index contributed by atoms with van der Waals surface area (Å²) in [6.45, 7) is 5.08. The predicted octanol–water partition coefficient (Wildman–Crippen LogP) is 1.17. The van der Waals surface area contributed by atoms with E-state index in [1.165, 1.54) is 12.8 Å². The average Bonchev–Trinajstić information content (AvgIpc) is 3.00. The highest BCUT2D eigenvalue weighted by Gasteiger charge is 2.17. The molecule has 0 bridgehead atoms. The van der Waals surface area contributed by atoms with Crippen LogP contribution in [0.5, 0.6) is 0 Å². The van der Waals surface area contributed by atoms with Crippen LogP contribution in [0.2, 0.25) is 0 Å². The second-order valence-electron chi connectivity index (χ2n) is 5.32. The van der Waals surface area contributed by atoms with Crippen LogP contribution in [-0.4, -0.2) is 42.4 Å². The molecule has 6 nitrogen and oxygen atoms in total. The van der Waals surface area contributed by atoms with Crippen molar-refractivity contribution in [3.63, 3.8) is 0 Å². The molecule has 21 heavy (non-hydrogen) atoms. The molecule has 2 amide bonds. The summed E-state index contributed by atoms with van der Waals surface area (Å²) in [6, 6.07) is 3.79. The first-order valence-electron chi connectivity index (χ1n) is 7.54. The van der Waals surface area contributed by atoms with Gasteiger partial charge in [-0.3, -0.25) is 0 Å². The van der Waals surface area contributed by atoms with Crippen LogP contribution in [0.3, 0.4) is 0 Å². The molecule has 1 aliphatic heterocycles. The Morgan fingerprint density at radius 2 is 2.10 bits per heavy atom. The van der Waals surface area contributed by atoms with Gasteiger partial charge in [-0.25, -0.2) is 9.78 Å². The zero-order valence-electron chi connectivity index (χ0n) is 12.6. The number of urea groups is 1. The minimum atomic E-state index is -0.212. The maximum atomic E-state index is 11.7. The summed E-state index contributed by atoms with van der Waals surface area (Å²) in [5.41, 5.74) is 2.04. The highest BCUT2D eigenvalue weighted by Crippen LogP contribution is 2.22. The first-order valence-corrected chi connectivity index (χ1v) is 7.54. The van der Waals surface area contributed by atoms with Crippen LogP contribution in [0.15, 0.2) is 12.1 Å². The molecule has 1 aromatic heterocycles. The third-order valence-electron chi connectivity index (χ3n) is 3.56. The van der Waals surface area contributed by atoms with Crippen LogP contribution in [0.4, 0.5) is 10.6 Å². The van der Waals surface area contributed by atoms with Crippen molar-refractivity contribution >= 4 is 11.8 Å². The summed E-state index contributed by atoms with van der Waals surface area (Å²) >= 11 is 0. The van der Waals surface area contributed by atoms with Gasteiger partial charge in [-0.1, -0.05) is 6.07 Å². The molecule has 0 aliphatic carbocycles. The van der Waals surface area contributed by atoms with Gasteiger partial charge in [0.05, 0.1) is 0 Å². The number of nitrogens with one attached hydrogen (secondary N) is 2. The van der Waals surface area contributed by atoms with E-state index in [1.807, 2.05) is 19.1 Å². The van der Waals surface area contributed by atoms with Gasteiger partial charge in [0.2, 0.25) is 0 Å². The summed E-state index contributed by atoms with van der Waals surface area (Å²) in [6.07, 6.45) is 2.97. The second kappa shape index (κ2) is 7.83. The van der Waals surface area contributed by atoms with E-state index in [9.17, 15) is 4.79 Å². The Kier molecular flexibility index (Phi) is 5.80. The second-order valence-corrected chi connectivity index (χ2v) is 5.32. The van der Waals surface area contributed by atoms with Crippen LogP contribution in [-0.2, 0) is 6.54 Å². The lowest BCUT2D eigenvalue weighted by atomic mass is 10.2. The summed E-state index contributed by atoms with van der Waals surface area (Å²) in [4.78, 5) is 18.6. The van der Waals surface area contributed by atoms with E-state index in [2.05, 4.69) is 20.5 Å². The van der Waals surface area contributed by atoms with Crippen molar-refractivity contribution in [2.24, 2.45) is 0 Å². The predicted molar refractivity (Wildman–Crippen MR) is 82.4 cm³/mol. The van der Waals surface area contributed by atoms with Gasteiger partial charge in [0.25, 0.3) is 0 Å². The third-order valence-corrected chi connectivity index (χ3v) is 3.56. The van der Waals surface area contributed by atoms with E-state index in [4.69, 9.17) is 5.11 Å². The van der Waals surface area contributed by atoms with Crippen LogP contribution in [0.1, 0.15) is 30.5 Å². The molecule has 0 unspecified atom stereocenters. The Balaban J connectivity index is 1.94. The van der Waals surface area contributed by atoms with E-state index in [-0.39, 0.29) is 12.6 Å². The number of amides is 2. The Labute approximate surface area is 125 Å². The largest absolute Gasteiger partial charge is 0.396 e. The van der Waals surface area contributed by atoms with Gasteiger partial charge >= 0.3 is 6.03 Å². The highest BCUT2D eigenvalue weighted by atomic mass is 16.3. The smallest absolute Gasteiger partial charge is 0.315 e. The molecular weight excluding hydrogens is 268 g/mol. The number of carbonyl (C=O) groups is 1. The molecule has 1 aromatic rings. The Bertz CT molecular complexity index is 473. The molecule has 2 rings (SSSR count). The molecule has 1 aliphatic rings. The SMILES string of the molecule is Cc1ccc(CNC(=O)NCCCO)c(N2CCCC2)n1. The number of carbonyl (C=O) groups excluding carboxylic acids is 1. The molecule has 0 aromatic carbocycles. The number of hydrogen-bond acceptors (Lipinski definition) is 4. The molecule has 3 N–H and O–H groups in total. The van der Waals surface area contributed by atoms with Crippen molar-refractivity contribution in [3.05, 3.63) is 23.4 Å². The number of aryl methyl sites for hydroxylation is 1. The first kappa shape index (κ1) is 15.6. The lowest BCUT2D eigenvalue weighted by molar-refractivity contribution is 0.238. The quantitative estimate of drug-likeness (QED) is 0.688. The topological polar surface area (TPSA) is 77.5 Å². The summed E-state index contributed by atoms with van der Waals surface area (Å²) in [5, 5.41) is 14.2. The maximum Gasteiger partial charge on any atom is 0.315 e. The number of hydrogen-bond donors (Lipinski definition) is 3. The van der Waals surface area contributed by atoms with Crippen molar-refractivity contribution < 1.29 is 9.90 Å². The zero-order chi connectivity index (χ0) is 15.1. The number of rotatable bonds is 6. The van der Waals surface area contributed by atoms with E-state index >= 15 is 0 Å². The van der Waals surface area contributed by atoms with E-state index in [0.29, 0.717) is 19.5 Å². The van der Waals surface area contributed by atoms with Gasteiger partial charge in [-0.15, -0.1) is 0 Å². The third kappa shape index (κ3) is 4.60. The van der Waals surface area contributed by atoms with E-state index in [1.54, 1.807) is 0 Å². The summed E-state index contributed by atoms with van der Waals surface area (Å²) < 4.78 is 0. The lowest BCUT2D eigenvalue weighted by Crippen LogP contribution is -2.36. The van der Waals surface area contributed by atoms with Crippen LogP contribution in [0.25, 0.3) is 0 Å². The standard InChI is InChI=1S/C15H24N4O2/c1-12-5-6-13(11-17-15(21)16-7-4-10-20)14(18-12)19-8-2-3-9-19/h5-6,20H,2-4,7-11H2,1H3,(H2,16,17,21). The molecular formula is C15H24N4O2. The number of aliphatic hydroxyl groups excluding tert-OH is 1. The van der Waals surface area contributed by atoms with Crippen LogP contribution < -0.4 is 15.5 Å². The van der Waals surface area contributed by atoms with E-state index in [0.717, 1.165) is 30.2 Å². The number of pyridine rings is 1. The molecule has 116 valence electrons. The normalized spacial score (nSPS) is 14.3. The molecule has 1 fully saturated rings. The number of aliphatic hydroxyl groups is 1.